The van der Waals surface area contributed by atoms with Gasteiger partial charge in [-0.05, 0) is 72.0 Å². The van der Waals surface area contributed by atoms with Crippen molar-refractivity contribution in [3.05, 3.63) is 42.0 Å². The first-order valence-corrected chi connectivity index (χ1v) is 8.71. The molecule has 0 bridgehead atoms. The van der Waals surface area contributed by atoms with Gasteiger partial charge in [0.15, 0.2) is 5.78 Å². The molecule has 23 heavy (non-hydrogen) atoms. The largest absolute Gasteiger partial charge is 0.309 e. The smallest absolute Gasteiger partial charge is 0.166 e. The number of hydrogen-bond acceptors (Lipinski definition) is 3. The van der Waals surface area contributed by atoms with E-state index in [4.69, 9.17) is 0 Å². The molecule has 3 heteroatoms. The molecule has 0 fully saturated rings. The number of hydrogen-bond donors (Lipinski definition) is 0. The fourth-order valence-electron chi connectivity index (χ4n) is 3.19. The average molecular weight is 314 g/mol. The molecule has 0 spiro atoms. The highest BCUT2D eigenvalue weighted by atomic mass is 16.1. The lowest BCUT2D eigenvalue weighted by atomic mass is 9.95. The second kappa shape index (κ2) is 8.99. The van der Waals surface area contributed by atoms with Gasteiger partial charge in [0.2, 0.25) is 0 Å². The Morgan fingerprint density at radius 1 is 1.00 bits per heavy atom. The topological polar surface area (TPSA) is 23.6 Å². The lowest BCUT2D eigenvalue weighted by Crippen LogP contribution is -2.25. The Morgan fingerprint density at radius 2 is 1.70 bits per heavy atom. The van der Waals surface area contributed by atoms with Crippen molar-refractivity contribution in [1.82, 2.24) is 9.80 Å². The number of nitrogens with zero attached hydrogens (tertiary/aromatic N) is 2. The average Bonchev–Trinajstić information content (AvgIpc) is 2.89. The van der Waals surface area contributed by atoms with E-state index in [1.54, 1.807) is 0 Å². The summed E-state index contributed by atoms with van der Waals surface area (Å²) in [6.07, 6.45) is 6.34. The van der Waals surface area contributed by atoms with Crippen molar-refractivity contribution in [1.29, 1.82) is 0 Å². The van der Waals surface area contributed by atoms with E-state index in [1.165, 1.54) is 6.42 Å². The Morgan fingerprint density at radius 3 is 2.39 bits per heavy atom. The first-order valence-electron chi connectivity index (χ1n) is 8.71. The maximum absolute atomic E-state index is 12.5. The normalized spacial score (nSPS) is 18.0. The highest BCUT2D eigenvalue weighted by Gasteiger charge is 2.27. The van der Waals surface area contributed by atoms with Crippen LogP contribution in [0.4, 0.5) is 0 Å². The van der Waals surface area contributed by atoms with Crippen molar-refractivity contribution >= 4 is 11.4 Å². The van der Waals surface area contributed by atoms with Crippen LogP contribution in [0.1, 0.15) is 31.2 Å². The predicted molar refractivity (Wildman–Crippen MR) is 97.4 cm³/mol. The van der Waals surface area contributed by atoms with Crippen LogP contribution >= 0.6 is 0 Å². The van der Waals surface area contributed by atoms with Crippen molar-refractivity contribution in [2.75, 3.05) is 40.8 Å². The van der Waals surface area contributed by atoms with Gasteiger partial charge in [0.1, 0.15) is 0 Å². The third-order valence-corrected chi connectivity index (χ3v) is 4.57. The number of ketones is 1. The molecule has 0 saturated heterocycles. The summed E-state index contributed by atoms with van der Waals surface area (Å²) in [5.74, 6) is 0.534. The standard InChI is InChI=1S/C20H30N2O/c1-21(2)14-8-16-22(3)15-7-11-18-12-13-19(20(18)23)17-9-5-4-6-10-17/h4-6,9-10,13,18H,7-8,11-12,14-16H2,1-3H3. The summed E-state index contributed by atoms with van der Waals surface area (Å²) in [6, 6.07) is 10.1. The molecular weight excluding hydrogens is 284 g/mol. The minimum Gasteiger partial charge on any atom is -0.309 e. The first kappa shape index (κ1) is 17.9. The molecule has 0 saturated carbocycles. The number of allylic oxidation sites excluding steroid dienone is 2. The van der Waals surface area contributed by atoms with Gasteiger partial charge in [-0.1, -0.05) is 36.4 Å². The van der Waals surface area contributed by atoms with E-state index in [9.17, 15) is 4.79 Å². The van der Waals surface area contributed by atoms with Crippen LogP contribution in [0, 0.1) is 5.92 Å². The fraction of sp³-hybridized carbons (Fsp3) is 0.550. The van der Waals surface area contributed by atoms with E-state index in [0.29, 0.717) is 5.78 Å². The van der Waals surface area contributed by atoms with Crippen molar-refractivity contribution in [2.45, 2.75) is 25.7 Å². The Hall–Kier alpha value is -1.45. The van der Waals surface area contributed by atoms with Crippen molar-refractivity contribution in [3.8, 4) is 0 Å². The molecule has 0 heterocycles. The lowest BCUT2D eigenvalue weighted by molar-refractivity contribution is -0.116. The van der Waals surface area contributed by atoms with Gasteiger partial charge in [-0.3, -0.25) is 4.79 Å². The van der Waals surface area contributed by atoms with Crippen molar-refractivity contribution in [2.24, 2.45) is 5.92 Å². The SMILES string of the molecule is CN(C)CCCN(C)CCCC1CC=C(c2ccccc2)C1=O. The molecule has 1 aliphatic rings. The number of carbonyl (C=O) groups excluding carboxylic acids is 1. The summed E-state index contributed by atoms with van der Waals surface area (Å²) in [5, 5.41) is 0. The van der Waals surface area contributed by atoms with Crippen LogP contribution in [0.5, 0.6) is 0 Å². The highest BCUT2D eigenvalue weighted by molar-refractivity contribution is 6.23. The first-order chi connectivity index (χ1) is 11.1. The monoisotopic (exact) mass is 314 g/mol. The lowest BCUT2D eigenvalue weighted by Gasteiger charge is -2.19. The molecule has 1 aromatic carbocycles. The van der Waals surface area contributed by atoms with E-state index < -0.39 is 0 Å². The van der Waals surface area contributed by atoms with E-state index in [1.807, 2.05) is 30.3 Å². The van der Waals surface area contributed by atoms with Gasteiger partial charge in [-0.15, -0.1) is 0 Å². The van der Waals surface area contributed by atoms with Crippen LogP contribution in [-0.4, -0.2) is 56.4 Å². The molecule has 1 aromatic rings. The fourth-order valence-corrected chi connectivity index (χ4v) is 3.19. The zero-order chi connectivity index (χ0) is 16.7. The van der Waals surface area contributed by atoms with Gasteiger partial charge >= 0.3 is 0 Å². The third-order valence-electron chi connectivity index (χ3n) is 4.57. The second-order valence-electron chi connectivity index (χ2n) is 6.88. The molecule has 0 radical (unpaired) electrons. The quantitative estimate of drug-likeness (QED) is 0.698. The Balaban J connectivity index is 1.69. The van der Waals surface area contributed by atoms with Crippen molar-refractivity contribution in [3.63, 3.8) is 0 Å². The summed E-state index contributed by atoms with van der Waals surface area (Å²) in [4.78, 5) is 17.1. The molecular formula is C20H30N2O. The van der Waals surface area contributed by atoms with Gasteiger partial charge < -0.3 is 9.80 Å². The van der Waals surface area contributed by atoms with Crippen LogP contribution in [0.15, 0.2) is 36.4 Å². The predicted octanol–water partition coefficient (Wildman–Crippen LogP) is 3.32. The summed E-state index contributed by atoms with van der Waals surface area (Å²) >= 11 is 0. The van der Waals surface area contributed by atoms with Gasteiger partial charge in [0, 0.05) is 11.5 Å². The van der Waals surface area contributed by atoms with Gasteiger partial charge in [0.25, 0.3) is 0 Å². The van der Waals surface area contributed by atoms with E-state index in [0.717, 1.165) is 50.0 Å². The molecule has 0 aliphatic heterocycles. The molecule has 3 nitrogen and oxygen atoms in total. The molecule has 2 rings (SSSR count). The summed E-state index contributed by atoms with van der Waals surface area (Å²) in [6.45, 7) is 3.35. The molecule has 0 amide bonds. The third kappa shape index (κ3) is 5.60. The van der Waals surface area contributed by atoms with Crippen LogP contribution in [-0.2, 0) is 4.79 Å². The molecule has 0 aromatic heterocycles. The van der Waals surface area contributed by atoms with E-state index >= 15 is 0 Å². The van der Waals surface area contributed by atoms with Crippen LogP contribution < -0.4 is 0 Å². The Bertz CT molecular complexity index is 522. The highest BCUT2D eigenvalue weighted by Crippen LogP contribution is 2.31. The molecule has 126 valence electrons. The maximum Gasteiger partial charge on any atom is 0.166 e. The minimum absolute atomic E-state index is 0.195. The Labute approximate surface area is 141 Å². The van der Waals surface area contributed by atoms with Crippen LogP contribution in [0.25, 0.3) is 5.57 Å². The van der Waals surface area contributed by atoms with Crippen molar-refractivity contribution < 1.29 is 4.79 Å². The summed E-state index contributed by atoms with van der Waals surface area (Å²) in [5.41, 5.74) is 2.00. The molecule has 0 N–H and O–H groups in total. The molecule has 1 aliphatic carbocycles. The number of benzene rings is 1. The zero-order valence-electron chi connectivity index (χ0n) is 14.8. The number of Topliss-reactive ketones (excluding diaryl/α,β-unsaturated/α-hetero) is 1. The Kier molecular flexibility index (Phi) is 7.00. The van der Waals surface area contributed by atoms with Crippen LogP contribution in [0.2, 0.25) is 0 Å². The summed E-state index contributed by atoms with van der Waals surface area (Å²) < 4.78 is 0. The minimum atomic E-state index is 0.195. The number of rotatable bonds is 9. The van der Waals surface area contributed by atoms with E-state index in [-0.39, 0.29) is 5.92 Å². The molecule has 1 unspecified atom stereocenters. The molecule has 1 atom stereocenters. The van der Waals surface area contributed by atoms with E-state index in [2.05, 4.69) is 37.0 Å². The second-order valence-corrected chi connectivity index (χ2v) is 6.88. The van der Waals surface area contributed by atoms with Gasteiger partial charge in [-0.25, -0.2) is 0 Å². The van der Waals surface area contributed by atoms with Crippen LogP contribution in [0.3, 0.4) is 0 Å². The van der Waals surface area contributed by atoms with Gasteiger partial charge in [0.05, 0.1) is 0 Å². The maximum atomic E-state index is 12.5. The number of carbonyl (C=O) groups is 1. The zero-order valence-corrected chi connectivity index (χ0v) is 14.8. The van der Waals surface area contributed by atoms with Gasteiger partial charge in [-0.2, -0.15) is 0 Å². The summed E-state index contributed by atoms with van der Waals surface area (Å²) in [7, 11) is 6.41.